The van der Waals surface area contributed by atoms with Crippen molar-refractivity contribution < 1.29 is 9.53 Å². The number of amides is 1. The lowest BCUT2D eigenvalue weighted by Crippen LogP contribution is -2.46. The Hall–Kier alpha value is -1.05. The molecule has 0 unspecified atom stereocenters. The van der Waals surface area contributed by atoms with Gasteiger partial charge in [-0.3, -0.25) is 9.69 Å². The average Bonchev–Trinajstić information content (AvgIpc) is 2.88. The Labute approximate surface area is 117 Å². The van der Waals surface area contributed by atoms with E-state index in [1.54, 1.807) is 0 Å². The second kappa shape index (κ2) is 6.93. The van der Waals surface area contributed by atoms with Crippen molar-refractivity contribution in [3.63, 3.8) is 0 Å². The fourth-order valence-electron chi connectivity index (χ4n) is 2.12. The number of rotatable bonds is 5. The normalized spacial score (nSPS) is 18.2. The van der Waals surface area contributed by atoms with Crippen LogP contribution in [-0.4, -0.2) is 59.3 Å². The molecule has 1 fully saturated rings. The van der Waals surface area contributed by atoms with E-state index >= 15 is 0 Å². The molecular formula is C12H20N4O2S. The molecule has 0 aliphatic carbocycles. The molecule has 0 bridgehead atoms. The Bertz CT molecular complexity index is 418. The molecule has 1 atom stereocenters. The number of nitrogens with zero attached hydrogens (tertiary/aromatic N) is 3. The lowest BCUT2D eigenvalue weighted by atomic mass is 10.2. The van der Waals surface area contributed by atoms with Crippen molar-refractivity contribution in [2.45, 2.75) is 26.3 Å². The number of aromatic nitrogens is 2. The Morgan fingerprint density at radius 1 is 1.53 bits per heavy atom. The zero-order valence-corrected chi connectivity index (χ0v) is 12.2. The van der Waals surface area contributed by atoms with Crippen LogP contribution < -0.4 is 5.32 Å². The van der Waals surface area contributed by atoms with E-state index in [9.17, 15) is 4.79 Å². The molecule has 0 aromatic carbocycles. The summed E-state index contributed by atoms with van der Waals surface area (Å²) in [6, 6.07) is 0.109. The van der Waals surface area contributed by atoms with Crippen LogP contribution in [0.1, 0.15) is 29.2 Å². The van der Waals surface area contributed by atoms with Gasteiger partial charge in [0.05, 0.1) is 18.9 Å². The van der Waals surface area contributed by atoms with Crippen LogP contribution in [0.4, 0.5) is 0 Å². The molecule has 1 aliphatic heterocycles. The number of nitrogens with one attached hydrogen (secondary N) is 1. The summed E-state index contributed by atoms with van der Waals surface area (Å²) in [6.45, 7) is 8.27. The summed E-state index contributed by atoms with van der Waals surface area (Å²) in [4.78, 5) is 15.1. The van der Waals surface area contributed by atoms with Gasteiger partial charge in [-0.1, -0.05) is 11.4 Å². The molecule has 0 radical (unpaired) electrons. The third-order valence-electron chi connectivity index (χ3n) is 3.11. The van der Waals surface area contributed by atoms with E-state index in [-0.39, 0.29) is 11.9 Å². The van der Waals surface area contributed by atoms with Crippen molar-refractivity contribution in [1.82, 2.24) is 19.8 Å². The summed E-state index contributed by atoms with van der Waals surface area (Å²) in [7, 11) is 0. The van der Waals surface area contributed by atoms with Crippen LogP contribution in [0.3, 0.4) is 0 Å². The van der Waals surface area contributed by atoms with E-state index in [2.05, 4.69) is 19.8 Å². The molecule has 0 spiro atoms. The highest BCUT2D eigenvalue weighted by atomic mass is 32.1. The van der Waals surface area contributed by atoms with Gasteiger partial charge in [0.1, 0.15) is 4.88 Å². The fourth-order valence-corrected chi connectivity index (χ4v) is 2.77. The predicted octanol–water partition coefficient (Wildman–Crippen LogP) is 0.551. The van der Waals surface area contributed by atoms with Gasteiger partial charge in [-0.05, 0) is 24.9 Å². The maximum atomic E-state index is 12.1. The van der Waals surface area contributed by atoms with Crippen molar-refractivity contribution in [3.05, 3.63) is 10.6 Å². The van der Waals surface area contributed by atoms with Gasteiger partial charge in [0.2, 0.25) is 0 Å². The zero-order valence-electron chi connectivity index (χ0n) is 11.4. The van der Waals surface area contributed by atoms with Crippen LogP contribution in [-0.2, 0) is 11.2 Å². The second-order valence-corrected chi connectivity index (χ2v) is 5.44. The molecular weight excluding hydrogens is 264 g/mol. The maximum Gasteiger partial charge on any atom is 0.265 e. The van der Waals surface area contributed by atoms with Gasteiger partial charge >= 0.3 is 0 Å². The predicted molar refractivity (Wildman–Crippen MR) is 73.5 cm³/mol. The van der Waals surface area contributed by atoms with E-state index in [0.717, 1.165) is 56.5 Å². The number of aryl methyl sites for hydroxylation is 1. The topological polar surface area (TPSA) is 67.4 Å². The molecule has 1 amide bonds. The average molecular weight is 284 g/mol. The molecule has 1 aromatic heterocycles. The molecule has 1 saturated heterocycles. The van der Waals surface area contributed by atoms with Crippen LogP contribution in [0.5, 0.6) is 0 Å². The standard InChI is InChI=1S/C12H20N4O2S/c1-3-10-11(19-15-14-10)12(17)13-9(2)8-16-4-6-18-7-5-16/h9H,3-8H2,1-2H3,(H,13,17)/t9-/m0/s1. The summed E-state index contributed by atoms with van der Waals surface area (Å²) in [5, 5.41) is 6.97. The summed E-state index contributed by atoms with van der Waals surface area (Å²) < 4.78 is 9.15. The first kappa shape index (κ1) is 14.4. The van der Waals surface area contributed by atoms with Gasteiger partial charge < -0.3 is 10.1 Å². The second-order valence-electron chi connectivity index (χ2n) is 4.69. The minimum atomic E-state index is -0.0624. The highest BCUT2D eigenvalue weighted by Gasteiger charge is 2.19. The number of carbonyl (C=O) groups is 1. The SMILES string of the molecule is CCc1nnsc1C(=O)N[C@@H](C)CN1CCOCC1. The molecule has 7 heteroatoms. The van der Waals surface area contributed by atoms with E-state index in [1.165, 1.54) is 0 Å². The summed E-state index contributed by atoms with van der Waals surface area (Å²) in [5.41, 5.74) is 0.779. The van der Waals surface area contributed by atoms with Crippen LogP contribution in [0.25, 0.3) is 0 Å². The first-order valence-corrected chi connectivity index (χ1v) is 7.40. The molecule has 1 aliphatic rings. The molecule has 6 nitrogen and oxygen atoms in total. The summed E-state index contributed by atoms with van der Waals surface area (Å²) >= 11 is 1.16. The number of ether oxygens (including phenoxy) is 1. The maximum absolute atomic E-state index is 12.1. The van der Waals surface area contributed by atoms with E-state index in [1.807, 2.05) is 13.8 Å². The first-order valence-electron chi connectivity index (χ1n) is 6.63. The van der Waals surface area contributed by atoms with Gasteiger partial charge in [0.25, 0.3) is 5.91 Å². The van der Waals surface area contributed by atoms with Gasteiger partial charge in [0, 0.05) is 25.7 Å². The van der Waals surface area contributed by atoms with Crippen molar-refractivity contribution in [1.29, 1.82) is 0 Å². The van der Waals surface area contributed by atoms with Gasteiger partial charge in [-0.2, -0.15) is 0 Å². The lowest BCUT2D eigenvalue weighted by Gasteiger charge is -2.29. The summed E-state index contributed by atoms with van der Waals surface area (Å²) in [6.07, 6.45) is 0.733. The molecule has 19 heavy (non-hydrogen) atoms. The van der Waals surface area contributed by atoms with Crippen molar-refractivity contribution in [3.8, 4) is 0 Å². The van der Waals surface area contributed by atoms with Gasteiger partial charge in [-0.15, -0.1) is 5.10 Å². The zero-order chi connectivity index (χ0) is 13.7. The first-order chi connectivity index (χ1) is 9.20. The minimum absolute atomic E-state index is 0.0624. The van der Waals surface area contributed by atoms with Gasteiger partial charge in [-0.25, -0.2) is 0 Å². The third kappa shape index (κ3) is 3.95. The van der Waals surface area contributed by atoms with Crippen LogP contribution in [0.15, 0.2) is 0 Å². The number of hydrogen-bond donors (Lipinski definition) is 1. The molecule has 106 valence electrons. The molecule has 1 N–H and O–H groups in total. The lowest BCUT2D eigenvalue weighted by molar-refractivity contribution is 0.0342. The molecule has 2 heterocycles. The van der Waals surface area contributed by atoms with Crippen molar-refractivity contribution in [2.24, 2.45) is 0 Å². The summed E-state index contributed by atoms with van der Waals surface area (Å²) in [5.74, 6) is -0.0624. The fraction of sp³-hybridized carbons (Fsp3) is 0.750. The van der Waals surface area contributed by atoms with Crippen molar-refractivity contribution in [2.75, 3.05) is 32.8 Å². The molecule has 0 saturated carbocycles. The number of morpholine rings is 1. The van der Waals surface area contributed by atoms with Gasteiger partial charge in [0.15, 0.2) is 0 Å². The number of hydrogen-bond acceptors (Lipinski definition) is 6. The number of carbonyl (C=O) groups excluding carboxylic acids is 1. The minimum Gasteiger partial charge on any atom is -0.379 e. The smallest absolute Gasteiger partial charge is 0.265 e. The Morgan fingerprint density at radius 2 is 2.26 bits per heavy atom. The largest absolute Gasteiger partial charge is 0.379 e. The van der Waals surface area contributed by atoms with Crippen molar-refractivity contribution >= 4 is 17.4 Å². The Morgan fingerprint density at radius 3 is 2.95 bits per heavy atom. The van der Waals surface area contributed by atoms with E-state index in [0.29, 0.717) is 4.88 Å². The monoisotopic (exact) mass is 284 g/mol. The Kier molecular flexibility index (Phi) is 5.24. The van der Waals surface area contributed by atoms with Crippen LogP contribution in [0.2, 0.25) is 0 Å². The van der Waals surface area contributed by atoms with Crippen LogP contribution in [0, 0.1) is 0 Å². The highest BCUT2D eigenvalue weighted by Crippen LogP contribution is 2.11. The van der Waals surface area contributed by atoms with Crippen LogP contribution >= 0.6 is 11.5 Å². The van der Waals surface area contributed by atoms with E-state index in [4.69, 9.17) is 4.74 Å². The Balaban J connectivity index is 1.84. The third-order valence-corrected chi connectivity index (χ3v) is 3.88. The molecule has 2 rings (SSSR count). The van der Waals surface area contributed by atoms with E-state index < -0.39 is 0 Å². The highest BCUT2D eigenvalue weighted by molar-refractivity contribution is 7.08. The molecule has 1 aromatic rings. The quantitative estimate of drug-likeness (QED) is 0.855.